The molecule has 1 rings (SSSR count). The average Bonchev–Trinajstić information content (AvgIpc) is 2.27. The molecule has 1 saturated heterocycles. The molecule has 1 aliphatic rings. The number of aliphatic hydroxyl groups excluding tert-OH is 1. The van der Waals surface area contributed by atoms with E-state index in [-0.39, 0.29) is 6.10 Å². The van der Waals surface area contributed by atoms with E-state index in [1.807, 2.05) is 0 Å². The van der Waals surface area contributed by atoms with E-state index in [0.717, 1.165) is 51.9 Å². The van der Waals surface area contributed by atoms with Crippen LogP contribution in [0.3, 0.4) is 0 Å². The number of aliphatic hydroxyl groups is 1. The Morgan fingerprint density at radius 2 is 2.06 bits per heavy atom. The Balaban J connectivity index is 1.95. The Morgan fingerprint density at radius 1 is 1.38 bits per heavy atom. The van der Waals surface area contributed by atoms with Crippen molar-refractivity contribution >= 4 is 0 Å². The van der Waals surface area contributed by atoms with Crippen molar-refractivity contribution < 1.29 is 9.84 Å². The van der Waals surface area contributed by atoms with Crippen LogP contribution in [0.25, 0.3) is 0 Å². The van der Waals surface area contributed by atoms with Crippen LogP contribution in [0.5, 0.6) is 0 Å². The molecule has 1 aliphatic heterocycles. The predicted octanol–water partition coefficient (Wildman–Crippen LogP) is 2.04. The highest BCUT2D eigenvalue weighted by Gasteiger charge is 2.16. The van der Waals surface area contributed by atoms with Crippen molar-refractivity contribution in [3.63, 3.8) is 0 Å². The van der Waals surface area contributed by atoms with Gasteiger partial charge in [0.25, 0.3) is 0 Å². The molecule has 0 aromatic heterocycles. The Morgan fingerprint density at radius 3 is 2.69 bits per heavy atom. The second-order valence-electron chi connectivity index (χ2n) is 4.90. The molecular weight excluding hydrogens is 202 g/mol. The van der Waals surface area contributed by atoms with E-state index in [1.54, 1.807) is 0 Å². The van der Waals surface area contributed by atoms with Crippen molar-refractivity contribution in [2.24, 2.45) is 0 Å². The third-order valence-electron chi connectivity index (χ3n) is 3.27. The normalized spacial score (nSPS) is 21.2. The highest BCUT2D eigenvalue weighted by molar-refractivity contribution is 4.70. The summed E-state index contributed by atoms with van der Waals surface area (Å²) in [6.07, 6.45) is 5.70. The van der Waals surface area contributed by atoms with Crippen LogP contribution in [0, 0.1) is 0 Å². The Hall–Kier alpha value is -0.120. The van der Waals surface area contributed by atoms with Crippen LogP contribution >= 0.6 is 0 Å². The minimum Gasteiger partial charge on any atom is -0.393 e. The molecule has 3 nitrogen and oxygen atoms in total. The Bertz CT molecular complexity index is 167. The molecule has 0 spiro atoms. The Labute approximate surface area is 99.8 Å². The molecule has 0 aromatic rings. The summed E-state index contributed by atoms with van der Waals surface area (Å²) in [6, 6.07) is 0. The Kier molecular flexibility index (Phi) is 7.01. The summed E-state index contributed by atoms with van der Waals surface area (Å²) in [7, 11) is 0. The van der Waals surface area contributed by atoms with Crippen molar-refractivity contribution in [3.05, 3.63) is 0 Å². The smallest absolute Gasteiger partial charge is 0.0564 e. The van der Waals surface area contributed by atoms with E-state index in [1.165, 1.54) is 6.42 Å². The van der Waals surface area contributed by atoms with E-state index >= 15 is 0 Å². The summed E-state index contributed by atoms with van der Waals surface area (Å²) in [4.78, 5) is 2.43. The van der Waals surface area contributed by atoms with Crippen molar-refractivity contribution in [2.45, 2.75) is 58.2 Å². The molecule has 3 heteroatoms. The van der Waals surface area contributed by atoms with Crippen LogP contribution in [-0.4, -0.2) is 48.5 Å². The first-order chi connectivity index (χ1) is 7.72. The average molecular weight is 229 g/mol. The summed E-state index contributed by atoms with van der Waals surface area (Å²) in [5.74, 6) is 0. The summed E-state index contributed by atoms with van der Waals surface area (Å²) in [6.45, 7) is 8.43. The number of likely N-dealkylation sites (tertiary alicyclic amines) is 1. The van der Waals surface area contributed by atoms with Crippen LogP contribution in [0.1, 0.15) is 46.0 Å². The second kappa shape index (κ2) is 8.04. The van der Waals surface area contributed by atoms with Gasteiger partial charge in [-0.15, -0.1) is 0 Å². The first-order valence-electron chi connectivity index (χ1n) is 6.74. The van der Waals surface area contributed by atoms with Crippen molar-refractivity contribution in [2.75, 3.05) is 26.2 Å². The van der Waals surface area contributed by atoms with Crippen molar-refractivity contribution in [1.29, 1.82) is 0 Å². The number of ether oxygens (including phenoxy) is 1. The SMILES string of the molecule is CCCC(C)OCCCN1CCC(O)CC1. The fourth-order valence-electron chi connectivity index (χ4n) is 2.21. The molecular formula is C13H27NO2. The first kappa shape index (κ1) is 13.9. The van der Waals surface area contributed by atoms with Crippen LogP contribution in [0.4, 0.5) is 0 Å². The maximum atomic E-state index is 9.38. The van der Waals surface area contributed by atoms with Gasteiger partial charge in [0.2, 0.25) is 0 Å². The molecule has 0 aliphatic carbocycles. The lowest BCUT2D eigenvalue weighted by Crippen LogP contribution is -2.36. The first-order valence-corrected chi connectivity index (χ1v) is 6.74. The van der Waals surface area contributed by atoms with Gasteiger partial charge >= 0.3 is 0 Å². The maximum Gasteiger partial charge on any atom is 0.0564 e. The quantitative estimate of drug-likeness (QED) is 0.678. The molecule has 0 amide bonds. The third-order valence-corrected chi connectivity index (χ3v) is 3.27. The zero-order chi connectivity index (χ0) is 11.8. The largest absolute Gasteiger partial charge is 0.393 e. The molecule has 1 atom stereocenters. The van der Waals surface area contributed by atoms with E-state index in [0.29, 0.717) is 6.10 Å². The molecule has 16 heavy (non-hydrogen) atoms. The number of hydrogen-bond donors (Lipinski definition) is 1. The van der Waals surface area contributed by atoms with Gasteiger partial charge in [-0.05, 0) is 32.6 Å². The zero-order valence-electron chi connectivity index (χ0n) is 10.8. The molecule has 0 aromatic carbocycles. The molecule has 96 valence electrons. The lowest BCUT2D eigenvalue weighted by atomic mass is 10.1. The van der Waals surface area contributed by atoms with Gasteiger partial charge in [-0.2, -0.15) is 0 Å². The molecule has 1 unspecified atom stereocenters. The predicted molar refractivity (Wildman–Crippen MR) is 66.6 cm³/mol. The monoisotopic (exact) mass is 229 g/mol. The summed E-state index contributed by atoms with van der Waals surface area (Å²) >= 11 is 0. The summed E-state index contributed by atoms with van der Waals surface area (Å²) in [5.41, 5.74) is 0. The molecule has 1 N–H and O–H groups in total. The van der Waals surface area contributed by atoms with Gasteiger partial charge in [0.15, 0.2) is 0 Å². The van der Waals surface area contributed by atoms with Gasteiger partial charge in [-0.1, -0.05) is 13.3 Å². The topological polar surface area (TPSA) is 32.7 Å². The molecule has 1 heterocycles. The number of nitrogens with zero attached hydrogens (tertiary/aromatic N) is 1. The van der Waals surface area contributed by atoms with E-state index in [4.69, 9.17) is 4.74 Å². The fraction of sp³-hybridized carbons (Fsp3) is 1.00. The number of rotatable bonds is 7. The van der Waals surface area contributed by atoms with Gasteiger partial charge in [-0.25, -0.2) is 0 Å². The summed E-state index contributed by atoms with van der Waals surface area (Å²) in [5, 5.41) is 9.38. The van der Waals surface area contributed by atoms with Crippen molar-refractivity contribution in [3.8, 4) is 0 Å². The standard InChI is InChI=1S/C13H27NO2/c1-3-5-12(2)16-11-4-8-14-9-6-13(15)7-10-14/h12-13,15H,3-11H2,1-2H3. The van der Waals surface area contributed by atoms with Crippen LogP contribution < -0.4 is 0 Å². The highest BCUT2D eigenvalue weighted by atomic mass is 16.5. The van der Waals surface area contributed by atoms with E-state index < -0.39 is 0 Å². The minimum absolute atomic E-state index is 0.0583. The van der Waals surface area contributed by atoms with Gasteiger partial charge in [-0.3, -0.25) is 0 Å². The fourth-order valence-corrected chi connectivity index (χ4v) is 2.21. The second-order valence-corrected chi connectivity index (χ2v) is 4.90. The molecule has 0 saturated carbocycles. The lowest BCUT2D eigenvalue weighted by Gasteiger charge is -2.29. The number of hydrogen-bond acceptors (Lipinski definition) is 3. The van der Waals surface area contributed by atoms with Crippen LogP contribution in [0.2, 0.25) is 0 Å². The van der Waals surface area contributed by atoms with E-state index in [2.05, 4.69) is 18.7 Å². The van der Waals surface area contributed by atoms with Crippen LogP contribution in [-0.2, 0) is 4.74 Å². The third kappa shape index (κ3) is 5.83. The molecule has 0 radical (unpaired) electrons. The highest BCUT2D eigenvalue weighted by Crippen LogP contribution is 2.10. The lowest BCUT2D eigenvalue weighted by molar-refractivity contribution is 0.0440. The van der Waals surface area contributed by atoms with Gasteiger partial charge in [0.05, 0.1) is 12.2 Å². The van der Waals surface area contributed by atoms with Gasteiger partial charge in [0, 0.05) is 26.2 Å². The molecule has 1 fully saturated rings. The van der Waals surface area contributed by atoms with E-state index in [9.17, 15) is 5.11 Å². The number of piperidine rings is 1. The minimum atomic E-state index is -0.0583. The van der Waals surface area contributed by atoms with Gasteiger partial charge < -0.3 is 14.7 Å². The van der Waals surface area contributed by atoms with Gasteiger partial charge in [0.1, 0.15) is 0 Å². The maximum absolute atomic E-state index is 9.38. The zero-order valence-corrected chi connectivity index (χ0v) is 10.8. The summed E-state index contributed by atoms with van der Waals surface area (Å²) < 4.78 is 5.72. The van der Waals surface area contributed by atoms with Crippen LogP contribution in [0.15, 0.2) is 0 Å². The van der Waals surface area contributed by atoms with Crippen molar-refractivity contribution in [1.82, 2.24) is 4.90 Å². The molecule has 0 bridgehead atoms.